The normalized spacial score (nSPS) is 28.4. The number of nitrogens with one attached hydrogen (secondary N) is 2. The smallest absolute Gasteiger partial charge is 0.243 e. The monoisotopic (exact) mass is 334 g/mol. The Morgan fingerprint density at radius 1 is 1.19 bits per heavy atom. The highest BCUT2D eigenvalue weighted by atomic mass is 32.2. The molecule has 2 N–H and O–H groups in total. The van der Waals surface area contributed by atoms with Crippen molar-refractivity contribution in [1.29, 1.82) is 0 Å². The molecule has 6 nitrogen and oxygen atoms in total. The minimum Gasteiger partial charge on any atom is -0.316 e. The Labute approximate surface area is 122 Å². The molecular weight excluding hydrogens is 319 g/mol. The molecule has 0 spiro atoms. The zero-order valence-corrected chi connectivity index (χ0v) is 12.8. The fourth-order valence-corrected chi connectivity index (χ4v) is 4.92. The first-order valence-electron chi connectivity index (χ1n) is 6.43. The molecule has 1 aromatic carbocycles. The topological polar surface area (TPSA) is 92.3 Å². The van der Waals surface area contributed by atoms with Gasteiger partial charge in [-0.25, -0.2) is 25.9 Å². The van der Waals surface area contributed by atoms with E-state index in [0.29, 0.717) is 0 Å². The number of fused-ring (bicyclic) bond motifs is 1. The summed E-state index contributed by atoms with van der Waals surface area (Å²) in [5.74, 6) is -0.485. The van der Waals surface area contributed by atoms with E-state index >= 15 is 0 Å². The van der Waals surface area contributed by atoms with Crippen LogP contribution in [-0.2, 0) is 19.9 Å². The average Bonchev–Trinajstić information content (AvgIpc) is 2.82. The van der Waals surface area contributed by atoms with Crippen LogP contribution in [0, 0.1) is 17.7 Å². The molecule has 1 saturated heterocycles. The summed E-state index contributed by atoms with van der Waals surface area (Å²) in [5, 5.41) is 3.13. The highest BCUT2D eigenvalue weighted by Crippen LogP contribution is 2.42. The third-order valence-corrected chi connectivity index (χ3v) is 6.59. The van der Waals surface area contributed by atoms with Gasteiger partial charge in [-0.1, -0.05) is 0 Å². The molecule has 2 atom stereocenters. The van der Waals surface area contributed by atoms with Gasteiger partial charge in [0.25, 0.3) is 0 Å². The van der Waals surface area contributed by atoms with Crippen LogP contribution in [0.5, 0.6) is 0 Å². The quantitative estimate of drug-likeness (QED) is 0.739. The van der Waals surface area contributed by atoms with Gasteiger partial charge in [-0.3, -0.25) is 0 Å². The van der Waals surface area contributed by atoms with Gasteiger partial charge in [0.1, 0.15) is 10.7 Å². The fraction of sp³-hybridized carbons (Fsp3) is 0.500. The summed E-state index contributed by atoms with van der Waals surface area (Å²) in [4.78, 5) is -0.842. The maximum atomic E-state index is 13.8. The zero-order valence-electron chi connectivity index (χ0n) is 11.2. The van der Waals surface area contributed by atoms with E-state index in [0.717, 1.165) is 37.5 Å². The molecule has 1 aliphatic heterocycles. The number of rotatable bonds is 4. The molecule has 0 radical (unpaired) electrons. The third kappa shape index (κ3) is 2.70. The molecule has 0 amide bonds. The van der Waals surface area contributed by atoms with E-state index < -0.39 is 30.6 Å². The van der Waals surface area contributed by atoms with Gasteiger partial charge in [0.05, 0.1) is 4.90 Å². The van der Waals surface area contributed by atoms with Crippen LogP contribution in [-0.4, -0.2) is 42.2 Å². The molecule has 0 aromatic heterocycles. The van der Waals surface area contributed by atoms with Crippen LogP contribution >= 0.6 is 0 Å². The molecule has 1 aromatic rings. The van der Waals surface area contributed by atoms with Crippen molar-refractivity contribution in [1.82, 2.24) is 10.0 Å². The van der Waals surface area contributed by atoms with Crippen molar-refractivity contribution in [3.63, 3.8) is 0 Å². The predicted molar refractivity (Wildman–Crippen MR) is 73.5 cm³/mol. The molecule has 1 saturated carbocycles. The zero-order chi connectivity index (χ0) is 15.4. The summed E-state index contributed by atoms with van der Waals surface area (Å²) in [6, 6.07) is 2.58. The first kappa shape index (κ1) is 14.9. The van der Waals surface area contributed by atoms with Crippen LogP contribution < -0.4 is 10.0 Å². The summed E-state index contributed by atoms with van der Waals surface area (Å²) < 4.78 is 63.7. The number of hydrogen-bond donors (Lipinski definition) is 2. The fourth-order valence-electron chi connectivity index (χ4n) is 2.76. The Morgan fingerprint density at radius 3 is 2.38 bits per heavy atom. The van der Waals surface area contributed by atoms with Crippen molar-refractivity contribution in [3.05, 3.63) is 24.0 Å². The molecule has 2 fully saturated rings. The van der Waals surface area contributed by atoms with Crippen molar-refractivity contribution in [2.75, 3.05) is 19.3 Å². The van der Waals surface area contributed by atoms with E-state index in [2.05, 4.69) is 10.0 Å². The lowest BCUT2D eigenvalue weighted by Crippen LogP contribution is -2.33. The van der Waals surface area contributed by atoms with Crippen molar-refractivity contribution in [3.8, 4) is 0 Å². The first-order chi connectivity index (χ1) is 9.70. The summed E-state index contributed by atoms with van der Waals surface area (Å²) in [6.45, 7) is 1.48. The lowest BCUT2D eigenvalue weighted by molar-refractivity contribution is 0.545. The van der Waals surface area contributed by atoms with Gasteiger partial charge in [0.2, 0.25) is 10.0 Å². The van der Waals surface area contributed by atoms with Crippen LogP contribution in [0.3, 0.4) is 0 Å². The van der Waals surface area contributed by atoms with Crippen LogP contribution in [0.1, 0.15) is 0 Å². The summed E-state index contributed by atoms with van der Waals surface area (Å²) in [5.41, 5.74) is 0. The first-order valence-corrected chi connectivity index (χ1v) is 9.80. The largest absolute Gasteiger partial charge is 0.316 e. The lowest BCUT2D eigenvalue weighted by Gasteiger charge is -2.10. The minimum absolute atomic E-state index is 0.197. The molecule has 2 aliphatic rings. The highest BCUT2D eigenvalue weighted by molar-refractivity contribution is 7.91. The predicted octanol–water partition coefficient (Wildman–Crippen LogP) is -0.275. The van der Waals surface area contributed by atoms with Gasteiger partial charge in [-0.15, -0.1) is 0 Å². The van der Waals surface area contributed by atoms with Gasteiger partial charge in [-0.2, -0.15) is 0 Å². The number of sulfone groups is 1. The van der Waals surface area contributed by atoms with Crippen molar-refractivity contribution < 1.29 is 21.2 Å². The Morgan fingerprint density at radius 2 is 1.81 bits per heavy atom. The molecule has 2 unspecified atom stereocenters. The molecule has 21 heavy (non-hydrogen) atoms. The van der Waals surface area contributed by atoms with Crippen LogP contribution in [0.4, 0.5) is 4.39 Å². The summed E-state index contributed by atoms with van der Waals surface area (Å²) >= 11 is 0. The SMILES string of the molecule is CS(=O)(=O)c1ccc(F)c(S(=O)(=O)NC2C3CNCC32)c1. The van der Waals surface area contributed by atoms with Gasteiger partial charge in [-0.05, 0) is 43.1 Å². The number of benzene rings is 1. The van der Waals surface area contributed by atoms with Crippen molar-refractivity contribution in [2.45, 2.75) is 15.8 Å². The number of hydrogen-bond acceptors (Lipinski definition) is 5. The molecular formula is C12H15FN2O4S2. The van der Waals surface area contributed by atoms with E-state index in [1.165, 1.54) is 0 Å². The Hall–Kier alpha value is -1.03. The summed E-state index contributed by atoms with van der Waals surface area (Å²) in [6.07, 6.45) is 0.945. The number of sulfonamides is 1. The van der Waals surface area contributed by atoms with E-state index in [1.807, 2.05) is 0 Å². The van der Waals surface area contributed by atoms with Crippen LogP contribution in [0.15, 0.2) is 28.0 Å². The second kappa shape index (κ2) is 4.73. The number of halogens is 1. The Balaban J connectivity index is 1.91. The minimum atomic E-state index is -4.07. The molecule has 116 valence electrons. The van der Waals surface area contributed by atoms with Crippen molar-refractivity contribution >= 4 is 19.9 Å². The second-order valence-electron chi connectivity index (χ2n) is 5.50. The average molecular weight is 334 g/mol. The maximum absolute atomic E-state index is 13.8. The number of piperidine rings is 1. The maximum Gasteiger partial charge on any atom is 0.243 e. The molecule has 1 heterocycles. The Bertz CT molecular complexity index is 781. The molecule has 9 heteroatoms. The standard InChI is InChI=1S/C12H15FN2O4S2/c1-20(16,17)7-2-3-10(13)11(4-7)21(18,19)15-12-8-5-14-6-9(8)12/h2-4,8-9,12,14-15H,5-6H2,1H3. The molecule has 1 aliphatic carbocycles. The van der Waals surface area contributed by atoms with Gasteiger partial charge in [0, 0.05) is 12.3 Å². The van der Waals surface area contributed by atoms with E-state index in [-0.39, 0.29) is 22.8 Å². The summed E-state index contributed by atoms with van der Waals surface area (Å²) in [7, 11) is -7.67. The third-order valence-electron chi connectivity index (χ3n) is 4.00. The van der Waals surface area contributed by atoms with E-state index in [9.17, 15) is 21.2 Å². The molecule has 3 rings (SSSR count). The van der Waals surface area contributed by atoms with Crippen molar-refractivity contribution in [2.24, 2.45) is 11.8 Å². The van der Waals surface area contributed by atoms with Gasteiger partial charge in [0.15, 0.2) is 9.84 Å². The van der Waals surface area contributed by atoms with Crippen LogP contribution in [0.25, 0.3) is 0 Å². The van der Waals surface area contributed by atoms with Gasteiger partial charge >= 0.3 is 0 Å². The lowest BCUT2D eigenvalue weighted by atomic mass is 10.3. The van der Waals surface area contributed by atoms with E-state index in [1.54, 1.807) is 0 Å². The Kier molecular flexibility index (Phi) is 3.36. The van der Waals surface area contributed by atoms with Crippen LogP contribution in [0.2, 0.25) is 0 Å². The van der Waals surface area contributed by atoms with E-state index in [4.69, 9.17) is 0 Å². The second-order valence-corrected chi connectivity index (χ2v) is 9.20. The highest BCUT2D eigenvalue weighted by Gasteiger charge is 2.54. The molecule has 0 bridgehead atoms. The van der Waals surface area contributed by atoms with Gasteiger partial charge < -0.3 is 5.32 Å².